The monoisotopic (exact) mass is 341 g/mol. The Hall–Kier alpha value is -2.33. The number of nitrogens with one attached hydrogen (secondary N) is 1. The lowest BCUT2D eigenvalue weighted by Crippen LogP contribution is -2.47. The third kappa shape index (κ3) is 6.98. The molecule has 2 rings (SSSR count). The number of carbonyl (C=O) groups is 1. The second-order valence-electron chi connectivity index (χ2n) is 7.20. The normalized spacial score (nSPS) is 13.8. The van der Waals surface area contributed by atoms with Crippen molar-refractivity contribution in [2.45, 2.75) is 51.4 Å². The highest BCUT2D eigenvalue weighted by Gasteiger charge is 2.25. The molecule has 4 nitrogen and oxygen atoms in total. The molecular formula is C21H27NO3. The van der Waals surface area contributed by atoms with Crippen LogP contribution in [0.2, 0.25) is 0 Å². The van der Waals surface area contributed by atoms with Gasteiger partial charge in [-0.1, -0.05) is 60.7 Å². The van der Waals surface area contributed by atoms with Crippen LogP contribution in [0, 0.1) is 0 Å². The second kappa shape index (κ2) is 8.67. The molecule has 0 aliphatic heterocycles. The minimum Gasteiger partial charge on any atom is -0.444 e. The Bertz CT molecular complexity index is 650. The molecule has 2 aromatic carbocycles. The predicted octanol–water partition coefficient (Wildman–Crippen LogP) is 3.73. The van der Waals surface area contributed by atoms with Gasteiger partial charge in [0.25, 0.3) is 0 Å². The van der Waals surface area contributed by atoms with E-state index in [1.54, 1.807) is 0 Å². The first-order chi connectivity index (χ1) is 11.8. The third-order valence-corrected chi connectivity index (χ3v) is 3.75. The first-order valence-corrected chi connectivity index (χ1v) is 8.59. The van der Waals surface area contributed by atoms with E-state index in [4.69, 9.17) is 4.74 Å². The molecule has 4 heteroatoms. The van der Waals surface area contributed by atoms with Gasteiger partial charge in [0.15, 0.2) is 0 Å². The van der Waals surface area contributed by atoms with Crippen molar-refractivity contribution in [3.8, 4) is 0 Å². The lowest BCUT2D eigenvalue weighted by molar-refractivity contribution is 0.0422. The Morgan fingerprint density at radius 3 is 1.92 bits per heavy atom. The molecule has 1 amide bonds. The number of alkyl carbamates (subject to hydrolysis) is 1. The maximum absolute atomic E-state index is 12.2. The van der Waals surface area contributed by atoms with Gasteiger partial charge in [-0.05, 0) is 38.3 Å². The number of benzene rings is 2. The fourth-order valence-corrected chi connectivity index (χ4v) is 2.61. The van der Waals surface area contributed by atoms with Crippen LogP contribution in [0.15, 0.2) is 60.7 Å². The first-order valence-electron chi connectivity index (χ1n) is 8.59. The van der Waals surface area contributed by atoms with Gasteiger partial charge >= 0.3 is 6.09 Å². The summed E-state index contributed by atoms with van der Waals surface area (Å²) in [7, 11) is 0. The highest BCUT2D eigenvalue weighted by atomic mass is 16.6. The van der Waals surface area contributed by atoms with Gasteiger partial charge in [0.05, 0.1) is 12.1 Å². The molecule has 0 aliphatic carbocycles. The highest BCUT2D eigenvalue weighted by Crippen LogP contribution is 2.13. The molecule has 2 atom stereocenters. The standard InChI is InChI=1S/C21H27NO3/c1-21(2,3)25-20(24)22-18(14-16-10-6-4-7-11-16)19(23)15-17-12-8-5-9-13-17/h4-13,18-19,23H,14-15H2,1-3H3,(H,22,24)/t18-,19+/m0/s1. The summed E-state index contributed by atoms with van der Waals surface area (Å²) < 4.78 is 5.35. The maximum atomic E-state index is 12.2. The average molecular weight is 341 g/mol. The lowest BCUT2D eigenvalue weighted by atomic mass is 9.96. The quantitative estimate of drug-likeness (QED) is 0.842. The van der Waals surface area contributed by atoms with Gasteiger partial charge in [-0.3, -0.25) is 0 Å². The molecule has 0 aliphatic rings. The van der Waals surface area contributed by atoms with E-state index in [0.717, 1.165) is 11.1 Å². The van der Waals surface area contributed by atoms with Crippen molar-refractivity contribution < 1.29 is 14.6 Å². The molecule has 0 saturated heterocycles. The predicted molar refractivity (Wildman–Crippen MR) is 99.5 cm³/mol. The number of carbonyl (C=O) groups excluding carboxylic acids is 1. The van der Waals surface area contributed by atoms with E-state index < -0.39 is 23.8 Å². The van der Waals surface area contributed by atoms with Gasteiger partial charge in [0.2, 0.25) is 0 Å². The van der Waals surface area contributed by atoms with Crippen LogP contribution in [0.4, 0.5) is 4.79 Å². The van der Waals surface area contributed by atoms with Crippen LogP contribution in [0.5, 0.6) is 0 Å². The molecule has 0 aromatic heterocycles. The molecule has 0 heterocycles. The third-order valence-electron chi connectivity index (χ3n) is 3.75. The summed E-state index contributed by atoms with van der Waals surface area (Å²) in [5.41, 5.74) is 1.50. The summed E-state index contributed by atoms with van der Waals surface area (Å²) in [6, 6.07) is 19.1. The van der Waals surface area contributed by atoms with E-state index >= 15 is 0 Å². The Morgan fingerprint density at radius 2 is 1.44 bits per heavy atom. The van der Waals surface area contributed by atoms with E-state index in [0.29, 0.717) is 12.8 Å². The van der Waals surface area contributed by atoms with Crippen LogP contribution in [0.1, 0.15) is 31.9 Å². The van der Waals surface area contributed by atoms with E-state index in [1.807, 2.05) is 81.4 Å². The van der Waals surface area contributed by atoms with Crippen molar-refractivity contribution >= 4 is 6.09 Å². The van der Waals surface area contributed by atoms with Gasteiger partial charge in [-0.15, -0.1) is 0 Å². The van der Waals surface area contributed by atoms with Gasteiger partial charge in [0, 0.05) is 6.42 Å². The molecule has 0 saturated carbocycles. The SMILES string of the molecule is CC(C)(C)OC(=O)N[C@@H](Cc1ccccc1)[C@H](O)Cc1ccccc1. The number of aliphatic hydroxyl groups excluding tert-OH is 1. The zero-order valence-electron chi connectivity index (χ0n) is 15.1. The Kier molecular flexibility index (Phi) is 6.59. The fourth-order valence-electron chi connectivity index (χ4n) is 2.61. The number of rotatable bonds is 6. The van der Waals surface area contributed by atoms with Gasteiger partial charge in [-0.25, -0.2) is 4.79 Å². The minimum atomic E-state index is -0.713. The number of hydrogen-bond acceptors (Lipinski definition) is 3. The van der Waals surface area contributed by atoms with E-state index in [1.165, 1.54) is 0 Å². The summed E-state index contributed by atoms with van der Waals surface area (Å²) in [6.07, 6.45) is -0.224. The molecule has 2 N–H and O–H groups in total. The number of amides is 1. The molecule has 134 valence electrons. The van der Waals surface area contributed by atoms with Gasteiger partial charge in [0.1, 0.15) is 5.60 Å². The van der Waals surface area contributed by atoms with Crippen molar-refractivity contribution in [1.82, 2.24) is 5.32 Å². The van der Waals surface area contributed by atoms with Crippen LogP contribution in [0.3, 0.4) is 0 Å². The fraction of sp³-hybridized carbons (Fsp3) is 0.381. The molecule has 0 radical (unpaired) electrons. The lowest BCUT2D eigenvalue weighted by Gasteiger charge is -2.27. The number of hydrogen-bond donors (Lipinski definition) is 2. The molecule has 0 unspecified atom stereocenters. The maximum Gasteiger partial charge on any atom is 0.407 e. The summed E-state index contributed by atoms with van der Waals surface area (Å²) in [5.74, 6) is 0. The van der Waals surface area contributed by atoms with Crippen LogP contribution >= 0.6 is 0 Å². The largest absolute Gasteiger partial charge is 0.444 e. The number of aliphatic hydroxyl groups is 1. The highest BCUT2D eigenvalue weighted by molar-refractivity contribution is 5.68. The molecule has 2 aromatic rings. The first kappa shape index (κ1) is 19.0. The molecular weight excluding hydrogens is 314 g/mol. The topological polar surface area (TPSA) is 58.6 Å². The Labute approximate surface area is 149 Å². The summed E-state index contributed by atoms with van der Waals surface area (Å²) in [6.45, 7) is 5.46. The smallest absolute Gasteiger partial charge is 0.407 e. The van der Waals surface area contributed by atoms with E-state index in [2.05, 4.69) is 5.32 Å². The van der Waals surface area contributed by atoms with Crippen LogP contribution < -0.4 is 5.32 Å². The van der Waals surface area contributed by atoms with E-state index in [9.17, 15) is 9.90 Å². The van der Waals surface area contributed by atoms with Crippen molar-refractivity contribution in [2.75, 3.05) is 0 Å². The van der Waals surface area contributed by atoms with Gasteiger partial charge < -0.3 is 15.2 Å². The minimum absolute atomic E-state index is 0.433. The van der Waals surface area contributed by atoms with Crippen LogP contribution in [0.25, 0.3) is 0 Å². The average Bonchev–Trinajstić information content (AvgIpc) is 2.54. The van der Waals surface area contributed by atoms with Crippen molar-refractivity contribution in [1.29, 1.82) is 0 Å². The zero-order valence-corrected chi connectivity index (χ0v) is 15.1. The van der Waals surface area contributed by atoms with E-state index in [-0.39, 0.29) is 0 Å². The molecule has 25 heavy (non-hydrogen) atoms. The Balaban J connectivity index is 2.09. The zero-order chi connectivity index (χ0) is 18.3. The Morgan fingerprint density at radius 1 is 0.960 bits per heavy atom. The van der Waals surface area contributed by atoms with Crippen molar-refractivity contribution in [3.63, 3.8) is 0 Å². The summed E-state index contributed by atoms with van der Waals surface area (Å²) in [5, 5.41) is 13.5. The van der Waals surface area contributed by atoms with Gasteiger partial charge in [-0.2, -0.15) is 0 Å². The van der Waals surface area contributed by atoms with Crippen LogP contribution in [-0.4, -0.2) is 28.9 Å². The molecule has 0 spiro atoms. The second-order valence-corrected chi connectivity index (χ2v) is 7.20. The van der Waals surface area contributed by atoms with Crippen LogP contribution in [-0.2, 0) is 17.6 Å². The van der Waals surface area contributed by atoms with Crippen molar-refractivity contribution in [3.05, 3.63) is 71.8 Å². The summed E-state index contributed by atoms with van der Waals surface area (Å²) in [4.78, 5) is 12.2. The molecule has 0 bridgehead atoms. The number of ether oxygens (including phenoxy) is 1. The van der Waals surface area contributed by atoms with Crippen molar-refractivity contribution in [2.24, 2.45) is 0 Å². The summed E-state index contributed by atoms with van der Waals surface area (Å²) >= 11 is 0. The molecule has 0 fully saturated rings.